The number of aromatic amines is 1. The number of aromatic nitrogens is 4. The molecule has 0 aliphatic carbocycles. The van der Waals surface area contributed by atoms with Crippen molar-refractivity contribution in [3.05, 3.63) is 12.7 Å². The van der Waals surface area contributed by atoms with Crippen LogP contribution in [0, 0.1) is 0 Å². The van der Waals surface area contributed by atoms with Crippen LogP contribution in [-0.2, 0) is 0 Å². The minimum absolute atomic E-state index is 0.150. The van der Waals surface area contributed by atoms with Gasteiger partial charge in [0.2, 0.25) is 0 Å². The van der Waals surface area contributed by atoms with Gasteiger partial charge < -0.3 is 10.7 Å². The fraction of sp³-hybridized carbons (Fsp3) is 0.222. The molecule has 0 atom stereocenters. The number of hydrazone groups is 1. The standard InChI is InChI=1S/C9H11N7S2/c1-5(15-16-9(10)17)2-18-8-6-7(12-3-11-6)13-4-14-8/h3-4H,2H2,1H3,(H3,10,16,17)(H,11,12,13,14)/b15-5+. The lowest BCUT2D eigenvalue weighted by Crippen LogP contribution is -2.25. The van der Waals surface area contributed by atoms with Gasteiger partial charge in [0.15, 0.2) is 10.8 Å². The number of thiocarbonyl (C=S) groups is 1. The second-order valence-electron chi connectivity index (χ2n) is 3.39. The highest BCUT2D eigenvalue weighted by Crippen LogP contribution is 2.21. The molecular formula is C9H11N7S2. The van der Waals surface area contributed by atoms with Crippen LogP contribution in [0.1, 0.15) is 6.92 Å². The molecular weight excluding hydrogens is 270 g/mol. The van der Waals surface area contributed by atoms with Gasteiger partial charge in [-0.15, -0.1) is 0 Å². The fourth-order valence-electron chi connectivity index (χ4n) is 1.21. The van der Waals surface area contributed by atoms with Gasteiger partial charge in [0.25, 0.3) is 0 Å². The maximum absolute atomic E-state index is 5.28. The van der Waals surface area contributed by atoms with E-state index in [1.165, 1.54) is 18.1 Å². The molecule has 0 amide bonds. The molecule has 0 unspecified atom stereocenters. The second kappa shape index (κ2) is 5.74. The van der Waals surface area contributed by atoms with Gasteiger partial charge >= 0.3 is 0 Å². The lowest BCUT2D eigenvalue weighted by atomic mass is 10.5. The van der Waals surface area contributed by atoms with Crippen LogP contribution in [0.25, 0.3) is 11.2 Å². The molecule has 2 rings (SSSR count). The van der Waals surface area contributed by atoms with Gasteiger partial charge in [0.1, 0.15) is 16.9 Å². The highest BCUT2D eigenvalue weighted by Gasteiger charge is 2.06. The predicted octanol–water partition coefficient (Wildman–Crippen LogP) is 0.654. The summed E-state index contributed by atoms with van der Waals surface area (Å²) in [5, 5.41) is 5.00. The Balaban J connectivity index is 2.04. The lowest BCUT2D eigenvalue weighted by molar-refractivity contribution is 1.03. The summed E-state index contributed by atoms with van der Waals surface area (Å²) >= 11 is 6.20. The van der Waals surface area contributed by atoms with Crippen LogP contribution in [0.4, 0.5) is 0 Å². The number of rotatable bonds is 4. The van der Waals surface area contributed by atoms with Crippen molar-refractivity contribution >= 4 is 46.0 Å². The van der Waals surface area contributed by atoms with Crippen LogP contribution in [0.2, 0.25) is 0 Å². The first-order chi connectivity index (χ1) is 8.66. The molecule has 7 nitrogen and oxygen atoms in total. The molecule has 0 aliphatic rings. The third-order valence-electron chi connectivity index (χ3n) is 1.96. The van der Waals surface area contributed by atoms with E-state index in [1.54, 1.807) is 6.33 Å². The molecule has 0 radical (unpaired) electrons. The normalized spacial score (nSPS) is 11.7. The van der Waals surface area contributed by atoms with E-state index in [2.05, 4.69) is 42.7 Å². The van der Waals surface area contributed by atoms with E-state index in [-0.39, 0.29) is 5.11 Å². The molecule has 0 fully saturated rings. The molecule has 0 aliphatic heterocycles. The first-order valence-electron chi connectivity index (χ1n) is 5.02. The van der Waals surface area contributed by atoms with Gasteiger partial charge in [-0.1, -0.05) is 11.8 Å². The van der Waals surface area contributed by atoms with Crippen molar-refractivity contribution in [3.63, 3.8) is 0 Å². The number of nitrogens with one attached hydrogen (secondary N) is 2. The molecule has 94 valence electrons. The number of H-pyrrole nitrogens is 1. The molecule has 9 heteroatoms. The zero-order valence-corrected chi connectivity index (χ0v) is 11.2. The van der Waals surface area contributed by atoms with E-state index in [1.807, 2.05) is 6.92 Å². The Hall–Kier alpha value is -1.74. The maximum Gasteiger partial charge on any atom is 0.184 e. The Morgan fingerprint density at radius 2 is 2.39 bits per heavy atom. The van der Waals surface area contributed by atoms with Gasteiger partial charge in [0, 0.05) is 11.5 Å². The molecule has 0 spiro atoms. The maximum atomic E-state index is 5.28. The Morgan fingerprint density at radius 1 is 1.56 bits per heavy atom. The van der Waals surface area contributed by atoms with E-state index in [0.717, 1.165) is 16.3 Å². The van der Waals surface area contributed by atoms with Gasteiger partial charge in [0.05, 0.1) is 6.33 Å². The number of thioether (sulfide) groups is 1. The summed E-state index contributed by atoms with van der Waals surface area (Å²) in [4.78, 5) is 15.3. The summed E-state index contributed by atoms with van der Waals surface area (Å²) in [6.07, 6.45) is 3.09. The summed E-state index contributed by atoms with van der Waals surface area (Å²) in [6.45, 7) is 1.88. The van der Waals surface area contributed by atoms with Crippen LogP contribution in [0.5, 0.6) is 0 Å². The molecule has 2 heterocycles. The van der Waals surface area contributed by atoms with Crippen molar-refractivity contribution in [2.24, 2.45) is 10.8 Å². The van der Waals surface area contributed by atoms with Gasteiger partial charge in [-0.05, 0) is 19.1 Å². The highest BCUT2D eigenvalue weighted by atomic mass is 32.2. The minimum Gasteiger partial charge on any atom is -0.375 e. The van der Waals surface area contributed by atoms with Crippen molar-refractivity contribution < 1.29 is 0 Å². The molecule has 4 N–H and O–H groups in total. The zero-order valence-electron chi connectivity index (χ0n) is 9.54. The van der Waals surface area contributed by atoms with Crippen molar-refractivity contribution in [1.29, 1.82) is 0 Å². The van der Waals surface area contributed by atoms with E-state index >= 15 is 0 Å². The lowest BCUT2D eigenvalue weighted by Gasteiger charge is -2.02. The topological polar surface area (TPSA) is 105 Å². The molecule has 0 saturated carbocycles. The Labute approximate surface area is 113 Å². The average Bonchev–Trinajstić information content (AvgIpc) is 2.82. The number of nitrogens with two attached hydrogens (primary N) is 1. The molecule has 0 saturated heterocycles. The van der Waals surface area contributed by atoms with Crippen molar-refractivity contribution in [1.82, 2.24) is 25.4 Å². The quantitative estimate of drug-likeness (QED) is 0.248. The Morgan fingerprint density at radius 3 is 3.17 bits per heavy atom. The molecule has 0 aromatic carbocycles. The molecule has 2 aromatic rings. The summed E-state index contributed by atoms with van der Waals surface area (Å²) in [6, 6.07) is 0. The Bertz CT molecular complexity index is 591. The van der Waals surface area contributed by atoms with Crippen LogP contribution in [0.3, 0.4) is 0 Å². The van der Waals surface area contributed by atoms with Crippen LogP contribution in [0.15, 0.2) is 22.8 Å². The number of hydrogen-bond acceptors (Lipinski definition) is 6. The van der Waals surface area contributed by atoms with E-state index in [0.29, 0.717) is 11.4 Å². The minimum atomic E-state index is 0.150. The third-order valence-corrected chi connectivity index (χ3v) is 3.20. The first-order valence-corrected chi connectivity index (χ1v) is 6.41. The first kappa shape index (κ1) is 12.7. The Kier molecular flexibility index (Phi) is 4.05. The smallest absolute Gasteiger partial charge is 0.184 e. The number of nitrogens with zero attached hydrogens (tertiary/aromatic N) is 4. The molecule has 2 aromatic heterocycles. The second-order valence-corrected chi connectivity index (χ2v) is 4.80. The summed E-state index contributed by atoms with van der Waals surface area (Å²) in [5.74, 6) is 0.667. The van der Waals surface area contributed by atoms with Crippen molar-refractivity contribution in [2.45, 2.75) is 11.9 Å². The fourth-order valence-corrected chi connectivity index (χ4v) is 2.08. The van der Waals surface area contributed by atoms with E-state index in [9.17, 15) is 0 Å². The molecule has 0 bridgehead atoms. The third kappa shape index (κ3) is 3.14. The number of imidazole rings is 1. The summed E-state index contributed by atoms with van der Waals surface area (Å²) < 4.78 is 0. The van der Waals surface area contributed by atoms with E-state index < -0.39 is 0 Å². The summed E-state index contributed by atoms with van der Waals surface area (Å²) in [7, 11) is 0. The van der Waals surface area contributed by atoms with Gasteiger partial charge in [-0.3, -0.25) is 5.43 Å². The van der Waals surface area contributed by atoms with Crippen molar-refractivity contribution in [2.75, 3.05) is 5.75 Å². The number of hydrogen-bond donors (Lipinski definition) is 3. The van der Waals surface area contributed by atoms with Gasteiger partial charge in [-0.25, -0.2) is 15.0 Å². The van der Waals surface area contributed by atoms with Crippen LogP contribution in [-0.4, -0.2) is 36.5 Å². The van der Waals surface area contributed by atoms with Crippen LogP contribution < -0.4 is 11.2 Å². The predicted molar refractivity (Wildman–Crippen MR) is 75.4 cm³/mol. The van der Waals surface area contributed by atoms with Crippen molar-refractivity contribution in [3.8, 4) is 0 Å². The van der Waals surface area contributed by atoms with Gasteiger partial charge in [-0.2, -0.15) is 5.10 Å². The SMILES string of the molecule is C/C(CSc1ncnc2nc[nH]c12)=N\NC(N)=S. The van der Waals surface area contributed by atoms with E-state index in [4.69, 9.17) is 5.73 Å². The average molecular weight is 281 g/mol. The zero-order chi connectivity index (χ0) is 13.0. The van der Waals surface area contributed by atoms with Crippen LogP contribution >= 0.6 is 24.0 Å². The summed E-state index contributed by atoms with van der Waals surface area (Å²) in [5.41, 5.74) is 10.2. The monoisotopic (exact) mass is 281 g/mol. The highest BCUT2D eigenvalue weighted by molar-refractivity contribution is 8.00. The molecule has 18 heavy (non-hydrogen) atoms. The largest absolute Gasteiger partial charge is 0.375 e. The number of fused-ring (bicyclic) bond motifs is 1.